The number of rotatable bonds is 4. The van der Waals surface area contributed by atoms with Gasteiger partial charge in [0, 0.05) is 13.1 Å². The molecule has 0 fully saturated rings. The summed E-state index contributed by atoms with van der Waals surface area (Å²) in [6, 6.07) is 12.6. The predicted octanol–water partition coefficient (Wildman–Crippen LogP) is 2.18. The van der Waals surface area contributed by atoms with Gasteiger partial charge in [-0.1, -0.05) is 30.3 Å². The molecule has 6 heteroatoms. The zero-order valence-corrected chi connectivity index (χ0v) is 14.5. The fourth-order valence-electron chi connectivity index (χ4n) is 3.52. The molecule has 0 saturated carbocycles. The quantitative estimate of drug-likeness (QED) is 0.916. The van der Waals surface area contributed by atoms with Gasteiger partial charge in [0.1, 0.15) is 6.04 Å². The Morgan fingerprint density at radius 3 is 2.85 bits per heavy atom. The largest absolute Gasteiger partial charge is 0.454 e. The van der Waals surface area contributed by atoms with Crippen molar-refractivity contribution in [2.24, 2.45) is 0 Å². The molecule has 0 spiro atoms. The highest BCUT2D eigenvalue weighted by atomic mass is 16.7. The van der Waals surface area contributed by atoms with Crippen molar-refractivity contribution >= 4 is 11.8 Å². The number of carbonyl (C=O) groups excluding carboxylic acids is 2. The molecular formula is C20H20N2O4. The summed E-state index contributed by atoms with van der Waals surface area (Å²) in [5, 5.41) is 2.96. The van der Waals surface area contributed by atoms with Crippen LogP contribution in [-0.2, 0) is 22.6 Å². The number of nitrogens with one attached hydrogen (secondary N) is 1. The summed E-state index contributed by atoms with van der Waals surface area (Å²) in [5.41, 5.74) is 2.74. The number of benzene rings is 2. The number of likely N-dealkylation sites (N-methyl/N-ethyl adjacent to an activating group) is 1. The summed E-state index contributed by atoms with van der Waals surface area (Å²) < 4.78 is 10.7. The van der Waals surface area contributed by atoms with Crippen LogP contribution in [0.25, 0.3) is 0 Å². The van der Waals surface area contributed by atoms with Crippen molar-refractivity contribution in [3.63, 3.8) is 0 Å². The lowest BCUT2D eigenvalue weighted by Gasteiger charge is -2.35. The van der Waals surface area contributed by atoms with E-state index in [1.54, 1.807) is 4.90 Å². The van der Waals surface area contributed by atoms with E-state index in [1.807, 2.05) is 49.4 Å². The molecular weight excluding hydrogens is 332 g/mol. The summed E-state index contributed by atoms with van der Waals surface area (Å²) >= 11 is 0. The molecule has 2 aromatic carbocycles. The maximum Gasteiger partial charge on any atom is 0.247 e. The molecule has 0 saturated heterocycles. The Balaban J connectivity index is 1.53. The number of nitrogens with zero attached hydrogens (tertiary/aromatic N) is 1. The molecule has 2 amide bonds. The van der Waals surface area contributed by atoms with Crippen LogP contribution < -0.4 is 14.8 Å². The first-order valence-corrected chi connectivity index (χ1v) is 8.71. The number of hydrogen-bond donors (Lipinski definition) is 1. The SMILES string of the molecule is CCN1C(=O)Cc2ccccc2[C@H]1C(=O)NCc1ccc2c(c1)OCO2. The Morgan fingerprint density at radius 1 is 1.19 bits per heavy atom. The second-order valence-electron chi connectivity index (χ2n) is 6.36. The average molecular weight is 352 g/mol. The van der Waals surface area contributed by atoms with Gasteiger partial charge in [-0.25, -0.2) is 0 Å². The lowest BCUT2D eigenvalue weighted by Crippen LogP contribution is -2.47. The topological polar surface area (TPSA) is 67.9 Å². The number of amides is 2. The minimum absolute atomic E-state index is 0.0190. The average Bonchev–Trinajstić information content (AvgIpc) is 3.12. The van der Waals surface area contributed by atoms with Gasteiger partial charge in [0.25, 0.3) is 0 Å². The van der Waals surface area contributed by atoms with Crippen molar-refractivity contribution < 1.29 is 19.1 Å². The van der Waals surface area contributed by atoms with E-state index in [0.29, 0.717) is 31.0 Å². The van der Waals surface area contributed by atoms with Crippen LogP contribution in [0.2, 0.25) is 0 Å². The van der Waals surface area contributed by atoms with E-state index < -0.39 is 6.04 Å². The highest BCUT2D eigenvalue weighted by molar-refractivity contribution is 5.92. The number of ether oxygens (including phenoxy) is 2. The Hall–Kier alpha value is -3.02. The van der Waals surface area contributed by atoms with Crippen molar-refractivity contribution in [1.29, 1.82) is 0 Å². The normalized spacial score (nSPS) is 17.8. The second-order valence-corrected chi connectivity index (χ2v) is 6.36. The minimum Gasteiger partial charge on any atom is -0.454 e. The van der Waals surface area contributed by atoms with Gasteiger partial charge in [-0.2, -0.15) is 0 Å². The maximum absolute atomic E-state index is 12.9. The summed E-state index contributed by atoms with van der Waals surface area (Å²) in [5.74, 6) is 1.20. The van der Waals surface area contributed by atoms with E-state index in [9.17, 15) is 9.59 Å². The molecule has 0 unspecified atom stereocenters. The van der Waals surface area contributed by atoms with Gasteiger partial charge in [0.2, 0.25) is 18.6 Å². The van der Waals surface area contributed by atoms with E-state index in [0.717, 1.165) is 16.7 Å². The highest BCUT2D eigenvalue weighted by Crippen LogP contribution is 2.33. The van der Waals surface area contributed by atoms with Crippen molar-refractivity contribution in [2.75, 3.05) is 13.3 Å². The minimum atomic E-state index is -0.591. The first-order chi connectivity index (χ1) is 12.7. The van der Waals surface area contributed by atoms with Gasteiger partial charge >= 0.3 is 0 Å². The zero-order chi connectivity index (χ0) is 18.1. The van der Waals surface area contributed by atoms with Gasteiger partial charge in [0.15, 0.2) is 11.5 Å². The van der Waals surface area contributed by atoms with Crippen LogP contribution in [0.5, 0.6) is 11.5 Å². The Labute approximate surface area is 151 Å². The third-order valence-corrected chi connectivity index (χ3v) is 4.82. The summed E-state index contributed by atoms with van der Waals surface area (Å²) in [4.78, 5) is 27.0. The first kappa shape index (κ1) is 16.4. The van der Waals surface area contributed by atoms with Crippen LogP contribution in [-0.4, -0.2) is 30.1 Å². The lowest BCUT2D eigenvalue weighted by atomic mass is 9.91. The van der Waals surface area contributed by atoms with Gasteiger partial charge in [0.05, 0.1) is 6.42 Å². The third-order valence-electron chi connectivity index (χ3n) is 4.82. The van der Waals surface area contributed by atoms with Crippen molar-refractivity contribution in [2.45, 2.75) is 25.9 Å². The molecule has 1 atom stereocenters. The Bertz CT molecular complexity index is 865. The molecule has 26 heavy (non-hydrogen) atoms. The van der Waals surface area contributed by atoms with Gasteiger partial charge < -0.3 is 19.7 Å². The van der Waals surface area contributed by atoms with Crippen LogP contribution in [0, 0.1) is 0 Å². The van der Waals surface area contributed by atoms with Crippen LogP contribution in [0.15, 0.2) is 42.5 Å². The summed E-state index contributed by atoms with van der Waals surface area (Å²) in [6.45, 7) is 2.97. The standard InChI is InChI=1S/C20H20N2O4/c1-2-22-18(23)10-14-5-3-4-6-15(14)19(22)20(24)21-11-13-7-8-16-17(9-13)26-12-25-16/h3-9,19H,2,10-12H2,1H3,(H,21,24)/t19-/m0/s1. The van der Waals surface area contributed by atoms with Gasteiger partial charge in [-0.15, -0.1) is 0 Å². The molecule has 0 aromatic heterocycles. The van der Waals surface area contributed by atoms with Crippen LogP contribution in [0.1, 0.15) is 29.7 Å². The van der Waals surface area contributed by atoms with Crippen molar-refractivity contribution in [3.05, 3.63) is 59.2 Å². The fraction of sp³-hybridized carbons (Fsp3) is 0.300. The van der Waals surface area contributed by atoms with E-state index in [4.69, 9.17) is 9.47 Å². The van der Waals surface area contributed by atoms with Crippen molar-refractivity contribution in [3.8, 4) is 11.5 Å². The molecule has 2 aromatic rings. The molecule has 4 rings (SSSR count). The van der Waals surface area contributed by atoms with E-state index >= 15 is 0 Å². The van der Waals surface area contributed by atoms with Gasteiger partial charge in [-0.3, -0.25) is 9.59 Å². The van der Waals surface area contributed by atoms with E-state index in [2.05, 4.69) is 5.32 Å². The second kappa shape index (κ2) is 6.71. The molecule has 1 N–H and O–H groups in total. The van der Waals surface area contributed by atoms with Crippen LogP contribution in [0.3, 0.4) is 0 Å². The molecule has 2 aliphatic rings. The molecule has 134 valence electrons. The highest BCUT2D eigenvalue weighted by Gasteiger charge is 2.35. The van der Waals surface area contributed by atoms with E-state index in [-0.39, 0.29) is 18.6 Å². The lowest BCUT2D eigenvalue weighted by molar-refractivity contribution is -0.141. The molecule has 2 heterocycles. The number of carbonyl (C=O) groups is 2. The van der Waals surface area contributed by atoms with Crippen LogP contribution >= 0.6 is 0 Å². The molecule has 0 radical (unpaired) electrons. The third kappa shape index (κ3) is 2.87. The molecule has 2 aliphatic heterocycles. The first-order valence-electron chi connectivity index (χ1n) is 8.71. The predicted molar refractivity (Wildman–Crippen MR) is 94.7 cm³/mol. The fourth-order valence-corrected chi connectivity index (χ4v) is 3.52. The van der Waals surface area contributed by atoms with Gasteiger partial charge in [-0.05, 0) is 35.7 Å². The maximum atomic E-state index is 12.9. The number of fused-ring (bicyclic) bond motifs is 2. The molecule has 0 aliphatic carbocycles. The van der Waals surface area contributed by atoms with Crippen molar-refractivity contribution in [1.82, 2.24) is 10.2 Å². The molecule has 0 bridgehead atoms. The summed E-state index contributed by atoms with van der Waals surface area (Å²) in [7, 11) is 0. The van der Waals surface area contributed by atoms with Crippen LogP contribution in [0.4, 0.5) is 0 Å². The molecule has 6 nitrogen and oxygen atoms in total. The zero-order valence-electron chi connectivity index (χ0n) is 14.5. The summed E-state index contributed by atoms with van der Waals surface area (Å²) in [6.07, 6.45) is 0.343. The monoisotopic (exact) mass is 352 g/mol. The Morgan fingerprint density at radius 2 is 2.00 bits per heavy atom. The van der Waals surface area contributed by atoms with E-state index in [1.165, 1.54) is 0 Å². The number of hydrogen-bond acceptors (Lipinski definition) is 4. The Kier molecular flexibility index (Phi) is 4.24. The smallest absolute Gasteiger partial charge is 0.247 e.